The van der Waals surface area contributed by atoms with Gasteiger partial charge in [-0.1, -0.05) is 121 Å². The molecule has 2 heterocycles. The summed E-state index contributed by atoms with van der Waals surface area (Å²) in [5.41, 5.74) is -6.55. The summed E-state index contributed by atoms with van der Waals surface area (Å²) < 4.78 is 182. The molecule has 45 heavy (non-hydrogen) atoms. The summed E-state index contributed by atoms with van der Waals surface area (Å²) in [5, 5.41) is 1.44. The van der Waals surface area contributed by atoms with Crippen molar-refractivity contribution >= 4 is 21.8 Å². The van der Waals surface area contributed by atoms with Crippen LogP contribution in [0.5, 0.6) is 11.5 Å². The number of para-hydroxylation sites is 3. The standard InChI is InChI=1S/C43H27NO/c1-5-18-35-31(14-1)32-15-2-6-19-36(32)43(35)37-20-7-10-23-41(37)45-42-25-24-29(27-38(42)43)28-12-11-13-30(26-28)44-39-21-8-3-16-33(39)34-17-4-9-22-40(34)44/h1-27H/i1D,2D,5D,6D,7D,10D,11D,12D,13D,14D,15D,18D,19D,20D,23D,24D,25D,26D,27D. The number of rotatable bonds is 2. The van der Waals surface area contributed by atoms with E-state index in [1.165, 1.54) is 0 Å². The Bertz CT molecular complexity index is 3420. The van der Waals surface area contributed by atoms with Crippen LogP contribution < -0.4 is 4.74 Å². The first-order chi connectivity index (χ1) is 30.2. The zero-order valence-corrected chi connectivity index (χ0v) is 23.0. The monoisotopic (exact) mass is 592 g/mol. The number of hydrogen-bond acceptors (Lipinski definition) is 1. The summed E-state index contributed by atoms with van der Waals surface area (Å²) in [4.78, 5) is 0. The molecular weight excluding hydrogens is 546 g/mol. The fraction of sp³-hybridized carbons (Fsp3) is 0.0233. The van der Waals surface area contributed by atoms with Crippen molar-refractivity contribution in [2.45, 2.75) is 5.41 Å². The van der Waals surface area contributed by atoms with E-state index >= 15 is 0 Å². The van der Waals surface area contributed by atoms with Gasteiger partial charge in [-0.3, -0.25) is 0 Å². The van der Waals surface area contributed by atoms with Crippen LogP contribution in [0.1, 0.15) is 48.3 Å². The van der Waals surface area contributed by atoms with E-state index in [-0.39, 0.29) is 5.69 Å². The van der Waals surface area contributed by atoms with Crippen molar-refractivity contribution in [2.75, 3.05) is 0 Å². The molecule has 0 N–H and O–H groups in total. The molecule has 0 saturated heterocycles. The largest absolute Gasteiger partial charge is 0.457 e. The molecule has 2 nitrogen and oxygen atoms in total. The van der Waals surface area contributed by atoms with Gasteiger partial charge in [0.25, 0.3) is 0 Å². The quantitative estimate of drug-likeness (QED) is 0.195. The molecule has 1 aliphatic carbocycles. The normalized spacial score (nSPS) is 19.6. The SMILES string of the molecule is [2H]c1c([2H])c([2H])c2c(c1[2H])Oc1c([2H])c([2H])c(-c3c([2H])c([2H])c([2H])c(-n4c5ccccc5c5ccccc54)c3[2H])c([2H])c1C21c2c([2H])c([2H])c([2H])c([2H])c2-c2c([2H])c([2H])c([2H])c([2H])c21. The molecular formula is C43H27NO. The van der Waals surface area contributed by atoms with Crippen molar-refractivity contribution in [2.24, 2.45) is 0 Å². The second-order valence-corrected chi connectivity index (χ2v) is 10.6. The summed E-state index contributed by atoms with van der Waals surface area (Å²) in [6.07, 6.45) is 0. The topological polar surface area (TPSA) is 14.2 Å². The Hall–Kier alpha value is -5.86. The molecule has 1 aromatic heterocycles. The Morgan fingerprint density at radius 2 is 1.07 bits per heavy atom. The highest BCUT2D eigenvalue weighted by atomic mass is 16.5. The molecule has 1 aliphatic heterocycles. The molecule has 0 unspecified atom stereocenters. The number of hydrogen-bond donors (Lipinski definition) is 0. The van der Waals surface area contributed by atoms with Crippen molar-refractivity contribution in [3.8, 4) is 39.4 Å². The second kappa shape index (κ2) is 9.07. The van der Waals surface area contributed by atoms with Gasteiger partial charge in [0, 0.05) is 27.6 Å². The van der Waals surface area contributed by atoms with E-state index in [9.17, 15) is 11.0 Å². The van der Waals surface area contributed by atoms with Gasteiger partial charge in [0.05, 0.1) is 42.5 Å². The lowest BCUT2D eigenvalue weighted by Gasteiger charge is -2.39. The van der Waals surface area contributed by atoms with Crippen molar-refractivity contribution in [1.29, 1.82) is 0 Å². The van der Waals surface area contributed by atoms with Gasteiger partial charge in [-0.2, -0.15) is 0 Å². The summed E-state index contributed by atoms with van der Waals surface area (Å²) >= 11 is 0. The van der Waals surface area contributed by atoms with Crippen LogP contribution in [-0.2, 0) is 5.41 Å². The van der Waals surface area contributed by atoms with Gasteiger partial charge in [-0.25, -0.2) is 0 Å². The molecule has 0 fully saturated rings. The highest BCUT2D eigenvalue weighted by Gasteiger charge is 2.50. The summed E-state index contributed by atoms with van der Waals surface area (Å²) in [7, 11) is 0. The van der Waals surface area contributed by atoms with Crippen molar-refractivity contribution in [3.05, 3.63) is 186 Å². The van der Waals surface area contributed by atoms with Crippen molar-refractivity contribution in [3.63, 3.8) is 0 Å². The van der Waals surface area contributed by atoms with E-state index in [1.807, 2.05) is 12.1 Å². The molecule has 7 aromatic carbocycles. The van der Waals surface area contributed by atoms with E-state index in [1.54, 1.807) is 41.0 Å². The van der Waals surface area contributed by atoms with Gasteiger partial charge in [0.15, 0.2) is 0 Å². The Balaban J connectivity index is 1.46. The molecule has 210 valence electrons. The number of nitrogens with zero attached hydrogens (tertiary/aromatic N) is 1. The number of aromatic nitrogens is 1. The molecule has 0 radical (unpaired) electrons. The van der Waals surface area contributed by atoms with Crippen LogP contribution >= 0.6 is 0 Å². The maximum absolute atomic E-state index is 10.2. The van der Waals surface area contributed by atoms with Crippen LogP contribution in [0.3, 0.4) is 0 Å². The summed E-state index contributed by atoms with van der Waals surface area (Å²) in [6.45, 7) is 0. The van der Waals surface area contributed by atoms with Crippen LogP contribution in [-0.4, -0.2) is 4.57 Å². The average molecular weight is 593 g/mol. The fourth-order valence-electron chi connectivity index (χ4n) is 6.65. The van der Waals surface area contributed by atoms with Crippen LogP contribution in [0.4, 0.5) is 0 Å². The molecule has 0 amide bonds. The van der Waals surface area contributed by atoms with Gasteiger partial charge in [0.2, 0.25) is 0 Å². The Morgan fingerprint density at radius 1 is 0.489 bits per heavy atom. The van der Waals surface area contributed by atoms with Crippen LogP contribution in [0.2, 0.25) is 0 Å². The molecule has 2 aliphatic rings. The molecule has 0 saturated carbocycles. The lowest BCUT2D eigenvalue weighted by molar-refractivity contribution is 0.436. The third-order valence-electron chi connectivity index (χ3n) is 8.43. The average Bonchev–Trinajstić information content (AvgIpc) is 3.78. The van der Waals surface area contributed by atoms with Gasteiger partial charge in [-0.15, -0.1) is 0 Å². The van der Waals surface area contributed by atoms with Gasteiger partial charge in [0.1, 0.15) is 11.5 Å². The van der Waals surface area contributed by atoms with Crippen molar-refractivity contribution < 1.29 is 30.8 Å². The molecule has 0 bridgehead atoms. The third-order valence-corrected chi connectivity index (χ3v) is 8.43. The third kappa shape index (κ3) is 3.23. The zero-order chi connectivity index (χ0) is 46.1. The van der Waals surface area contributed by atoms with Crippen LogP contribution in [0, 0.1) is 0 Å². The molecule has 10 rings (SSSR count). The Kier molecular flexibility index (Phi) is 2.55. The minimum Gasteiger partial charge on any atom is -0.457 e. The van der Waals surface area contributed by atoms with E-state index < -0.39 is 176 Å². The minimum atomic E-state index is -2.76. The number of fused-ring (bicyclic) bond motifs is 12. The molecule has 8 aromatic rings. The highest BCUT2D eigenvalue weighted by molar-refractivity contribution is 6.09. The van der Waals surface area contributed by atoms with Crippen LogP contribution in [0.15, 0.2) is 163 Å². The predicted molar refractivity (Wildman–Crippen MR) is 184 cm³/mol. The smallest absolute Gasteiger partial charge is 0.132 e. The number of benzene rings is 7. The van der Waals surface area contributed by atoms with Crippen LogP contribution in [0.25, 0.3) is 49.7 Å². The first kappa shape index (κ1) is 12.6. The lowest BCUT2D eigenvalue weighted by atomic mass is 9.66. The minimum absolute atomic E-state index is 0.221. The van der Waals surface area contributed by atoms with E-state index in [0.717, 1.165) is 10.8 Å². The molecule has 1 spiro atoms. The summed E-state index contributed by atoms with van der Waals surface area (Å²) in [6, 6.07) is -1.27. The Morgan fingerprint density at radius 3 is 1.78 bits per heavy atom. The van der Waals surface area contributed by atoms with E-state index in [4.69, 9.17) is 19.8 Å². The predicted octanol–water partition coefficient (Wildman–Crippen LogP) is 10.9. The maximum atomic E-state index is 10.2. The Labute approximate surface area is 288 Å². The molecule has 2 heteroatoms. The van der Waals surface area contributed by atoms with Gasteiger partial charge < -0.3 is 9.30 Å². The second-order valence-electron chi connectivity index (χ2n) is 10.6. The first-order valence-electron chi connectivity index (χ1n) is 23.5. The van der Waals surface area contributed by atoms with Gasteiger partial charge in [-0.05, 0) is 75.7 Å². The fourth-order valence-corrected chi connectivity index (χ4v) is 6.65. The first-order valence-corrected chi connectivity index (χ1v) is 14.0. The van der Waals surface area contributed by atoms with Gasteiger partial charge >= 0.3 is 0 Å². The number of ether oxygens (including phenoxy) is 1. The maximum Gasteiger partial charge on any atom is 0.132 e. The zero-order valence-electron chi connectivity index (χ0n) is 42.0. The lowest BCUT2D eigenvalue weighted by Crippen LogP contribution is -2.32. The van der Waals surface area contributed by atoms with Crippen molar-refractivity contribution in [1.82, 2.24) is 4.57 Å². The van der Waals surface area contributed by atoms with E-state index in [0.29, 0.717) is 11.0 Å². The highest BCUT2D eigenvalue weighted by Crippen LogP contribution is 2.62. The molecule has 0 atom stereocenters. The summed E-state index contributed by atoms with van der Waals surface area (Å²) in [5.74, 6) is -1.45. The van der Waals surface area contributed by atoms with E-state index in [2.05, 4.69) is 0 Å².